The molecule has 0 saturated carbocycles. The highest BCUT2D eigenvalue weighted by molar-refractivity contribution is 6.31. The van der Waals surface area contributed by atoms with Crippen LogP contribution in [-0.2, 0) is 4.79 Å². The van der Waals surface area contributed by atoms with E-state index >= 15 is 0 Å². The van der Waals surface area contributed by atoms with E-state index < -0.39 is 5.76 Å². The second-order valence-electron chi connectivity index (χ2n) is 7.43. The first-order valence-electron chi connectivity index (χ1n) is 10.2. The fraction of sp³-hybridized carbons (Fsp3) is 0.261. The smallest absolute Gasteiger partial charge is 0.343 e. The van der Waals surface area contributed by atoms with Gasteiger partial charge in [0.2, 0.25) is 0 Å². The number of H-pyrrole nitrogens is 1. The number of carbonyl (C=O) groups excluding carboxylic acids is 1. The van der Waals surface area contributed by atoms with E-state index in [2.05, 4.69) is 21.6 Å². The van der Waals surface area contributed by atoms with E-state index in [9.17, 15) is 9.59 Å². The van der Waals surface area contributed by atoms with Gasteiger partial charge in [-0.15, -0.1) is 0 Å². The molecule has 1 aliphatic rings. The van der Waals surface area contributed by atoms with Gasteiger partial charge >= 0.3 is 5.76 Å². The zero-order valence-corrected chi connectivity index (χ0v) is 18.1. The number of rotatable bonds is 7. The van der Waals surface area contributed by atoms with Crippen LogP contribution in [0, 0.1) is 0 Å². The number of hydrogen-bond acceptors (Lipinski definition) is 6. The molecule has 160 valence electrons. The van der Waals surface area contributed by atoms with Crippen LogP contribution in [0.4, 0.5) is 5.69 Å². The number of allylic oxidation sites excluding steroid dienone is 1. The fourth-order valence-electron chi connectivity index (χ4n) is 3.96. The van der Waals surface area contributed by atoms with Crippen molar-refractivity contribution >= 4 is 23.6 Å². The Balaban J connectivity index is 1.70. The number of nitrogens with zero attached hydrogens (tertiary/aromatic N) is 3. The summed E-state index contributed by atoms with van der Waals surface area (Å²) in [7, 11) is 1.91. The first-order valence-corrected chi connectivity index (χ1v) is 10.6. The summed E-state index contributed by atoms with van der Waals surface area (Å²) in [5.74, 6) is -0.218. The summed E-state index contributed by atoms with van der Waals surface area (Å²) in [6.45, 7) is 2.14. The van der Waals surface area contributed by atoms with Crippen molar-refractivity contribution in [2.24, 2.45) is 0 Å². The molecule has 1 N–H and O–H groups in total. The molecule has 4 rings (SSSR count). The molecule has 1 unspecified atom stereocenters. The standard InChI is InChI=1S/C23H23ClN4O3/c1-3-4-9-20-27(2)21(24)19(14-29)28(20)16-12-10-15(11-13-16)17-7-5-6-8-18(17)22-25-23(30)31-26-22/h5-8,10-14,20H,3-4,9H2,1-2H3,(H,25,26,30). The quantitative estimate of drug-likeness (QED) is 0.429. The molecule has 1 aliphatic heterocycles. The Morgan fingerprint density at radius 1 is 1.16 bits per heavy atom. The number of benzene rings is 2. The predicted octanol–water partition coefficient (Wildman–Crippen LogP) is 4.57. The van der Waals surface area contributed by atoms with E-state index in [1.807, 2.05) is 65.4 Å². The van der Waals surface area contributed by atoms with Crippen LogP contribution in [0.2, 0.25) is 0 Å². The summed E-state index contributed by atoms with van der Waals surface area (Å²) in [4.78, 5) is 29.7. The van der Waals surface area contributed by atoms with Crippen LogP contribution in [0.3, 0.4) is 0 Å². The van der Waals surface area contributed by atoms with Gasteiger partial charge in [0.15, 0.2) is 12.1 Å². The third kappa shape index (κ3) is 3.88. The maximum absolute atomic E-state index is 11.8. The van der Waals surface area contributed by atoms with Gasteiger partial charge < -0.3 is 9.80 Å². The Morgan fingerprint density at radius 3 is 2.48 bits per heavy atom. The lowest BCUT2D eigenvalue weighted by atomic mass is 9.99. The zero-order valence-electron chi connectivity index (χ0n) is 17.3. The monoisotopic (exact) mass is 438 g/mol. The van der Waals surface area contributed by atoms with Crippen molar-refractivity contribution in [3.05, 3.63) is 69.9 Å². The number of aromatic nitrogens is 2. The third-order valence-corrected chi connectivity index (χ3v) is 5.99. The molecule has 7 nitrogen and oxygen atoms in total. The van der Waals surface area contributed by atoms with E-state index in [1.54, 1.807) is 0 Å². The normalized spacial score (nSPS) is 16.3. The maximum atomic E-state index is 11.8. The van der Waals surface area contributed by atoms with Crippen molar-refractivity contribution in [2.75, 3.05) is 11.9 Å². The molecule has 0 spiro atoms. The van der Waals surface area contributed by atoms with Crippen LogP contribution in [0.15, 0.2) is 68.7 Å². The van der Waals surface area contributed by atoms with Gasteiger partial charge in [0.25, 0.3) is 0 Å². The number of aldehydes is 1. The lowest BCUT2D eigenvalue weighted by molar-refractivity contribution is -0.105. The summed E-state index contributed by atoms with van der Waals surface area (Å²) in [6.07, 6.45) is 3.79. The van der Waals surface area contributed by atoms with Crippen LogP contribution >= 0.6 is 11.6 Å². The Hall–Kier alpha value is -3.32. The SMILES string of the molecule is CCCCC1N(C)C(Cl)=C(C=O)N1c1ccc(-c2ccccc2-c2noc(=O)[nH]2)cc1. The molecule has 31 heavy (non-hydrogen) atoms. The molecule has 8 heteroatoms. The number of nitrogens with one attached hydrogen (secondary N) is 1. The largest absolute Gasteiger partial charge is 0.439 e. The van der Waals surface area contributed by atoms with Crippen LogP contribution in [0.25, 0.3) is 22.5 Å². The van der Waals surface area contributed by atoms with Crippen LogP contribution in [0.5, 0.6) is 0 Å². The Labute approximate surface area is 184 Å². The fourth-order valence-corrected chi connectivity index (χ4v) is 4.21. The minimum absolute atomic E-state index is 0.00834. The number of halogens is 1. The first kappa shape index (κ1) is 20.9. The van der Waals surface area contributed by atoms with Gasteiger partial charge in [0, 0.05) is 18.3 Å². The van der Waals surface area contributed by atoms with Crippen LogP contribution < -0.4 is 10.7 Å². The Morgan fingerprint density at radius 2 is 1.87 bits per heavy atom. The van der Waals surface area contributed by atoms with Gasteiger partial charge in [-0.3, -0.25) is 14.3 Å². The van der Waals surface area contributed by atoms with Crippen molar-refractivity contribution in [1.82, 2.24) is 15.0 Å². The number of aromatic amines is 1. The minimum atomic E-state index is -0.596. The topological polar surface area (TPSA) is 82.4 Å². The van der Waals surface area contributed by atoms with Crippen molar-refractivity contribution < 1.29 is 9.32 Å². The van der Waals surface area contributed by atoms with Crippen LogP contribution in [0.1, 0.15) is 26.2 Å². The average molecular weight is 439 g/mol. The molecule has 0 saturated heterocycles. The van der Waals surface area contributed by atoms with Gasteiger partial charge in [0.1, 0.15) is 17.0 Å². The summed E-state index contributed by atoms with van der Waals surface area (Å²) in [5, 5.41) is 4.27. The van der Waals surface area contributed by atoms with Gasteiger partial charge in [-0.1, -0.05) is 66.5 Å². The summed E-state index contributed by atoms with van der Waals surface area (Å²) in [6, 6.07) is 15.6. The second kappa shape index (κ2) is 8.81. The predicted molar refractivity (Wildman–Crippen MR) is 120 cm³/mol. The Bertz CT molecular complexity index is 1170. The summed E-state index contributed by atoms with van der Waals surface area (Å²) < 4.78 is 4.66. The maximum Gasteiger partial charge on any atom is 0.439 e. The molecule has 3 aromatic rings. The molecule has 2 heterocycles. The molecule has 1 atom stereocenters. The van der Waals surface area contributed by atoms with E-state index in [0.29, 0.717) is 16.7 Å². The lowest BCUT2D eigenvalue weighted by Gasteiger charge is -2.32. The van der Waals surface area contributed by atoms with Crippen molar-refractivity contribution in [1.29, 1.82) is 0 Å². The number of unbranched alkanes of at least 4 members (excludes halogenated alkanes) is 1. The highest BCUT2D eigenvalue weighted by atomic mass is 35.5. The Kier molecular flexibility index (Phi) is 5.95. The summed E-state index contributed by atoms with van der Waals surface area (Å²) in [5.41, 5.74) is 3.98. The number of anilines is 1. The molecule has 0 amide bonds. The molecule has 1 aromatic heterocycles. The lowest BCUT2D eigenvalue weighted by Crippen LogP contribution is -2.38. The molecule has 0 fully saturated rings. The van der Waals surface area contributed by atoms with Gasteiger partial charge in [0.05, 0.1) is 0 Å². The number of hydrogen-bond donors (Lipinski definition) is 1. The van der Waals surface area contributed by atoms with Gasteiger partial charge in [-0.2, -0.15) is 0 Å². The molecule has 0 aliphatic carbocycles. The van der Waals surface area contributed by atoms with Gasteiger partial charge in [-0.05, 0) is 36.1 Å². The van der Waals surface area contributed by atoms with Crippen molar-refractivity contribution in [3.8, 4) is 22.5 Å². The molecule has 2 aromatic carbocycles. The zero-order chi connectivity index (χ0) is 22.0. The van der Waals surface area contributed by atoms with E-state index in [1.165, 1.54) is 0 Å². The van der Waals surface area contributed by atoms with E-state index in [4.69, 9.17) is 11.6 Å². The van der Waals surface area contributed by atoms with Crippen molar-refractivity contribution in [2.45, 2.75) is 32.4 Å². The van der Waals surface area contributed by atoms with E-state index in [0.717, 1.165) is 47.9 Å². The number of carbonyl (C=O) groups is 1. The van der Waals surface area contributed by atoms with Crippen molar-refractivity contribution in [3.63, 3.8) is 0 Å². The molecule has 0 radical (unpaired) electrons. The minimum Gasteiger partial charge on any atom is -0.343 e. The highest BCUT2D eigenvalue weighted by Gasteiger charge is 2.35. The molecule has 0 bridgehead atoms. The summed E-state index contributed by atoms with van der Waals surface area (Å²) >= 11 is 6.45. The van der Waals surface area contributed by atoms with E-state index in [-0.39, 0.29) is 6.17 Å². The average Bonchev–Trinajstić information content (AvgIpc) is 3.33. The third-order valence-electron chi connectivity index (χ3n) is 5.53. The van der Waals surface area contributed by atoms with Crippen LogP contribution in [-0.4, -0.2) is 34.5 Å². The highest BCUT2D eigenvalue weighted by Crippen LogP contribution is 2.38. The second-order valence-corrected chi connectivity index (χ2v) is 7.79. The first-order chi connectivity index (χ1) is 15.0. The van der Waals surface area contributed by atoms with Gasteiger partial charge in [-0.25, -0.2) is 4.79 Å². The molecular formula is C23H23ClN4O3. The molecular weight excluding hydrogens is 416 g/mol.